The van der Waals surface area contributed by atoms with E-state index in [0.717, 1.165) is 5.56 Å². The van der Waals surface area contributed by atoms with E-state index in [1.54, 1.807) is 18.2 Å². The van der Waals surface area contributed by atoms with Gasteiger partial charge in [-0.2, -0.15) is 0 Å². The molecular formula is C23H30FN3O3. The second-order valence-electron chi connectivity index (χ2n) is 7.39. The molecule has 7 heteroatoms. The number of para-hydroxylation sites is 1. The average Bonchev–Trinajstić information content (AvgIpc) is 2.75. The maximum Gasteiger partial charge on any atom is 0.191 e. The Balaban J connectivity index is 1.52. The van der Waals surface area contributed by atoms with Crippen LogP contribution in [0.1, 0.15) is 25.3 Å². The van der Waals surface area contributed by atoms with Crippen LogP contribution in [0.3, 0.4) is 0 Å². The van der Waals surface area contributed by atoms with Crippen LogP contribution in [0.4, 0.5) is 4.39 Å². The fraction of sp³-hybridized carbons (Fsp3) is 0.435. The summed E-state index contributed by atoms with van der Waals surface area (Å²) in [5.41, 5.74) is 0.0533. The lowest BCUT2D eigenvalue weighted by atomic mass is 9.95. The highest BCUT2D eigenvalue weighted by atomic mass is 19.1. The number of halogens is 1. The van der Waals surface area contributed by atoms with Crippen LogP contribution in [0.2, 0.25) is 0 Å². The van der Waals surface area contributed by atoms with Crippen LogP contribution in [0, 0.1) is 5.82 Å². The van der Waals surface area contributed by atoms with Crippen molar-refractivity contribution in [3.8, 4) is 11.5 Å². The van der Waals surface area contributed by atoms with Gasteiger partial charge >= 0.3 is 0 Å². The van der Waals surface area contributed by atoms with Gasteiger partial charge in [0.05, 0.1) is 12.1 Å². The quantitative estimate of drug-likeness (QED) is 0.456. The molecule has 6 nitrogen and oxygen atoms in total. The standard InChI is InChI=1S/C23H30FN3O3/c1-2-25-22(27-17-23(28)11-14-29-15-12-23)26-13-10-18-8-9-21(20(24)16-18)30-19-6-4-3-5-7-19/h3-9,16,28H,2,10-15,17H2,1H3,(H2,25,26,27). The molecule has 30 heavy (non-hydrogen) atoms. The molecule has 1 aliphatic rings. The van der Waals surface area contributed by atoms with E-state index < -0.39 is 11.4 Å². The number of ether oxygens (including phenoxy) is 2. The number of aliphatic hydroxyl groups is 1. The Morgan fingerprint density at radius 2 is 1.93 bits per heavy atom. The van der Waals surface area contributed by atoms with Crippen molar-refractivity contribution in [3.05, 3.63) is 59.9 Å². The lowest BCUT2D eigenvalue weighted by molar-refractivity contribution is -0.0565. The molecule has 0 aromatic heterocycles. The van der Waals surface area contributed by atoms with Gasteiger partial charge in [-0.3, -0.25) is 4.99 Å². The van der Waals surface area contributed by atoms with Gasteiger partial charge in [0, 0.05) is 39.1 Å². The molecule has 2 aromatic rings. The van der Waals surface area contributed by atoms with Crippen LogP contribution in [0.15, 0.2) is 53.5 Å². The molecule has 162 valence electrons. The van der Waals surface area contributed by atoms with Crippen molar-refractivity contribution in [2.45, 2.75) is 31.8 Å². The topological polar surface area (TPSA) is 75.1 Å². The van der Waals surface area contributed by atoms with Gasteiger partial charge in [0.1, 0.15) is 5.75 Å². The maximum absolute atomic E-state index is 14.4. The van der Waals surface area contributed by atoms with Crippen LogP contribution in [0.5, 0.6) is 11.5 Å². The zero-order valence-corrected chi connectivity index (χ0v) is 17.4. The molecular weight excluding hydrogens is 385 g/mol. The summed E-state index contributed by atoms with van der Waals surface area (Å²) in [7, 11) is 0. The Labute approximate surface area is 177 Å². The highest BCUT2D eigenvalue weighted by molar-refractivity contribution is 5.79. The minimum atomic E-state index is -0.807. The van der Waals surface area contributed by atoms with Gasteiger partial charge in [-0.25, -0.2) is 4.39 Å². The largest absolute Gasteiger partial charge is 0.454 e. The van der Waals surface area contributed by atoms with Crippen molar-refractivity contribution >= 4 is 5.96 Å². The second-order valence-corrected chi connectivity index (χ2v) is 7.39. The molecule has 3 rings (SSSR count). The highest BCUT2D eigenvalue weighted by Crippen LogP contribution is 2.25. The summed E-state index contributed by atoms with van der Waals surface area (Å²) in [5.74, 6) is 1.06. The summed E-state index contributed by atoms with van der Waals surface area (Å²) in [6.07, 6.45) is 1.81. The first-order valence-electron chi connectivity index (χ1n) is 10.4. The first-order valence-corrected chi connectivity index (χ1v) is 10.4. The summed E-state index contributed by atoms with van der Waals surface area (Å²) in [6, 6.07) is 14.2. The molecule has 0 atom stereocenters. The van der Waals surface area contributed by atoms with E-state index in [9.17, 15) is 9.50 Å². The monoisotopic (exact) mass is 415 g/mol. The molecule has 0 spiro atoms. The average molecular weight is 416 g/mol. The summed E-state index contributed by atoms with van der Waals surface area (Å²) < 4.78 is 25.3. The van der Waals surface area contributed by atoms with E-state index in [-0.39, 0.29) is 5.75 Å². The predicted molar refractivity (Wildman–Crippen MR) is 116 cm³/mol. The van der Waals surface area contributed by atoms with Crippen LogP contribution in [0.25, 0.3) is 0 Å². The highest BCUT2D eigenvalue weighted by Gasteiger charge is 2.29. The van der Waals surface area contributed by atoms with Crippen molar-refractivity contribution in [1.82, 2.24) is 10.6 Å². The van der Waals surface area contributed by atoms with Crippen molar-refractivity contribution in [3.63, 3.8) is 0 Å². The lowest BCUT2D eigenvalue weighted by Crippen LogP contribution is -2.43. The smallest absolute Gasteiger partial charge is 0.191 e. The SMILES string of the molecule is CCNC(=NCC1(O)CCOCC1)NCCc1ccc(Oc2ccccc2)c(F)c1. The summed E-state index contributed by atoms with van der Waals surface area (Å²) in [5, 5.41) is 17.0. The van der Waals surface area contributed by atoms with Crippen LogP contribution >= 0.6 is 0 Å². The Morgan fingerprint density at radius 1 is 1.17 bits per heavy atom. The molecule has 0 amide bonds. The fourth-order valence-corrected chi connectivity index (χ4v) is 3.20. The van der Waals surface area contributed by atoms with Crippen molar-refractivity contribution in [2.75, 3.05) is 32.8 Å². The van der Waals surface area contributed by atoms with E-state index in [4.69, 9.17) is 9.47 Å². The van der Waals surface area contributed by atoms with Gasteiger partial charge in [0.15, 0.2) is 17.5 Å². The molecule has 2 aromatic carbocycles. The molecule has 1 saturated heterocycles. The third-order valence-corrected chi connectivity index (χ3v) is 4.97. The minimum absolute atomic E-state index is 0.206. The summed E-state index contributed by atoms with van der Waals surface area (Å²) in [4.78, 5) is 4.51. The number of nitrogens with one attached hydrogen (secondary N) is 2. The Kier molecular flexibility index (Phi) is 8.04. The Morgan fingerprint density at radius 3 is 2.63 bits per heavy atom. The molecule has 0 radical (unpaired) electrons. The molecule has 0 unspecified atom stereocenters. The third-order valence-electron chi connectivity index (χ3n) is 4.97. The van der Waals surface area contributed by atoms with Gasteiger partial charge in [-0.05, 0) is 43.2 Å². The van der Waals surface area contributed by atoms with Gasteiger partial charge in [0.2, 0.25) is 0 Å². The van der Waals surface area contributed by atoms with Crippen molar-refractivity contribution in [1.29, 1.82) is 0 Å². The van der Waals surface area contributed by atoms with Gasteiger partial charge in [-0.1, -0.05) is 24.3 Å². The van der Waals surface area contributed by atoms with E-state index >= 15 is 0 Å². The summed E-state index contributed by atoms with van der Waals surface area (Å²) in [6.45, 7) is 4.74. The Bertz CT molecular complexity index is 824. The van der Waals surface area contributed by atoms with E-state index in [0.29, 0.717) is 63.8 Å². The number of hydrogen-bond donors (Lipinski definition) is 3. The van der Waals surface area contributed by atoms with Crippen molar-refractivity contribution < 1.29 is 19.0 Å². The van der Waals surface area contributed by atoms with Gasteiger partial charge < -0.3 is 25.2 Å². The van der Waals surface area contributed by atoms with E-state index in [1.165, 1.54) is 6.07 Å². The molecule has 1 aliphatic heterocycles. The third kappa shape index (κ3) is 6.71. The van der Waals surface area contributed by atoms with Crippen molar-refractivity contribution in [2.24, 2.45) is 4.99 Å². The number of benzene rings is 2. The number of nitrogens with zero attached hydrogens (tertiary/aromatic N) is 1. The first kappa shape index (κ1) is 22.1. The predicted octanol–water partition coefficient (Wildman–Crippen LogP) is 3.26. The fourth-order valence-electron chi connectivity index (χ4n) is 3.20. The minimum Gasteiger partial charge on any atom is -0.454 e. The molecule has 0 aliphatic carbocycles. The van der Waals surface area contributed by atoms with E-state index in [2.05, 4.69) is 15.6 Å². The number of aliphatic imine (C=N–C) groups is 1. The number of guanidine groups is 1. The molecule has 0 bridgehead atoms. The zero-order valence-electron chi connectivity index (χ0n) is 17.4. The number of rotatable bonds is 8. The molecule has 0 saturated carbocycles. The van der Waals surface area contributed by atoms with Crippen LogP contribution in [-0.4, -0.2) is 49.5 Å². The molecule has 3 N–H and O–H groups in total. The normalized spacial score (nSPS) is 16.2. The zero-order chi connectivity index (χ0) is 21.2. The second kappa shape index (κ2) is 10.9. The van der Waals surface area contributed by atoms with Gasteiger partial charge in [-0.15, -0.1) is 0 Å². The van der Waals surface area contributed by atoms with Gasteiger partial charge in [0.25, 0.3) is 0 Å². The Hall–Kier alpha value is -2.64. The lowest BCUT2D eigenvalue weighted by Gasteiger charge is -2.30. The van der Waals surface area contributed by atoms with Crippen LogP contribution in [-0.2, 0) is 11.2 Å². The van der Waals surface area contributed by atoms with E-state index in [1.807, 2.05) is 31.2 Å². The molecule has 1 fully saturated rings. The molecule has 1 heterocycles. The summed E-state index contributed by atoms with van der Waals surface area (Å²) >= 11 is 0. The maximum atomic E-state index is 14.4. The van der Waals surface area contributed by atoms with Crippen LogP contribution < -0.4 is 15.4 Å². The number of hydrogen-bond acceptors (Lipinski definition) is 4. The first-order chi connectivity index (χ1) is 14.6.